The van der Waals surface area contributed by atoms with Gasteiger partial charge in [-0.1, -0.05) is 11.3 Å². The lowest BCUT2D eigenvalue weighted by atomic mass is 10.2. The monoisotopic (exact) mass is 303 g/mol. The molecule has 2 heterocycles. The predicted molar refractivity (Wildman–Crippen MR) is 82.0 cm³/mol. The fourth-order valence-electron chi connectivity index (χ4n) is 2.01. The van der Waals surface area contributed by atoms with E-state index in [-0.39, 0.29) is 5.91 Å². The Morgan fingerprint density at radius 3 is 2.95 bits per heavy atom. The highest BCUT2D eigenvalue weighted by Crippen LogP contribution is 2.34. The van der Waals surface area contributed by atoms with E-state index >= 15 is 0 Å². The van der Waals surface area contributed by atoms with Gasteiger partial charge in [0.1, 0.15) is 17.0 Å². The molecule has 0 radical (unpaired) electrons. The molecule has 6 nitrogen and oxygen atoms in total. The molecular weight excluding hydrogens is 290 g/mol. The van der Waals surface area contributed by atoms with Gasteiger partial charge in [-0.15, -0.1) is 0 Å². The van der Waals surface area contributed by atoms with Crippen molar-refractivity contribution in [3.05, 3.63) is 35.8 Å². The average molecular weight is 303 g/mol. The SMILES string of the molecule is COc1cc(N)cc2sc(NC(=O)c3ccoc3C)nc12. The number of rotatable bonds is 3. The van der Waals surface area contributed by atoms with Crippen molar-refractivity contribution in [3.8, 4) is 5.75 Å². The van der Waals surface area contributed by atoms with Crippen LogP contribution in [0.5, 0.6) is 5.75 Å². The Kier molecular flexibility index (Phi) is 3.26. The van der Waals surface area contributed by atoms with Crippen molar-refractivity contribution in [3.63, 3.8) is 0 Å². The molecular formula is C14H13N3O3S. The predicted octanol–water partition coefficient (Wildman–Crippen LogP) is 3.04. The van der Waals surface area contributed by atoms with Gasteiger partial charge in [0.2, 0.25) is 0 Å². The van der Waals surface area contributed by atoms with E-state index in [4.69, 9.17) is 14.9 Å². The molecule has 0 unspecified atom stereocenters. The topological polar surface area (TPSA) is 90.4 Å². The van der Waals surface area contributed by atoms with Gasteiger partial charge >= 0.3 is 0 Å². The van der Waals surface area contributed by atoms with Crippen LogP contribution in [-0.4, -0.2) is 18.0 Å². The number of anilines is 2. The zero-order valence-corrected chi connectivity index (χ0v) is 12.3. The van der Waals surface area contributed by atoms with E-state index in [9.17, 15) is 4.79 Å². The number of nitrogens with two attached hydrogens (primary N) is 1. The molecule has 3 aromatic rings. The first-order chi connectivity index (χ1) is 10.1. The highest BCUT2D eigenvalue weighted by Gasteiger charge is 2.15. The summed E-state index contributed by atoms with van der Waals surface area (Å²) in [5.74, 6) is 0.893. The largest absolute Gasteiger partial charge is 0.494 e. The molecule has 0 fully saturated rings. The molecule has 0 saturated carbocycles. The maximum atomic E-state index is 12.1. The van der Waals surface area contributed by atoms with Gasteiger partial charge in [0.05, 0.1) is 23.6 Å². The molecule has 0 spiro atoms. The molecule has 0 atom stereocenters. The van der Waals surface area contributed by atoms with Crippen molar-refractivity contribution >= 4 is 38.3 Å². The van der Waals surface area contributed by atoms with Gasteiger partial charge in [0.25, 0.3) is 5.91 Å². The van der Waals surface area contributed by atoms with Crippen LogP contribution in [0.4, 0.5) is 10.8 Å². The molecule has 0 aliphatic rings. The Bertz CT molecular complexity index is 822. The van der Waals surface area contributed by atoms with Crippen molar-refractivity contribution in [2.75, 3.05) is 18.2 Å². The Labute approximate surface area is 124 Å². The van der Waals surface area contributed by atoms with E-state index in [1.54, 1.807) is 32.2 Å². The Balaban J connectivity index is 1.95. The number of fused-ring (bicyclic) bond motifs is 1. The smallest absolute Gasteiger partial charge is 0.260 e. The second-order valence-electron chi connectivity index (χ2n) is 4.43. The number of hydrogen-bond acceptors (Lipinski definition) is 6. The van der Waals surface area contributed by atoms with Crippen LogP contribution in [-0.2, 0) is 0 Å². The molecule has 21 heavy (non-hydrogen) atoms. The standard InChI is InChI=1S/C14H13N3O3S/c1-7-9(3-4-20-7)13(18)17-14-16-12-10(19-2)5-8(15)6-11(12)21-14/h3-6H,15H2,1-2H3,(H,16,17,18). The van der Waals surface area contributed by atoms with Crippen LogP contribution in [0.1, 0.15) is 16.1 Å². The summed E-state index contributed by atoms with van der Waals surface area (Å²) in [5, 5.41) is 3.24. The summed E-state index contributed by atoms with van der Waals surface area (Å²) in [7, 11) is 1.56. The van der Waals surface area contributed by atoms with Crippen molar-refractivity contribution in [1.29, 1.82) is 0 Å². The van der Waals surface area contributed by atoms with Crippen LogP contribution >= 0.6 is 11.3 Å². The van der Waals surface area contributed by atoms with Crippen LogP contribution in [0.25, 0.3) is 10.2 Å². The van der Waals surface area contributed by atoms with Gasteiger partial charge in [-0.2, -0.15) is 0 Å². The Morgan fingerprint density at radius 2 is 2.29 bits per heavy atom. The van der Waals surface area contributed by atoms with Gasteiger partial charge in [-0.05, 0) is 19.1 Å². The molecule has 7 heteroatoms. The zero-order chi connectivity index (χ0) is 15.0. The third kappa shape index (κ3) is 2.43. The number of ether oxygens (including phenoxy) is 1. The summed E-state index contributed by atoms with van der Waals surface area (Å²) < 4.78 is 11.2. The van der Waals surface area contributed by atoms with Crippen LogP contribution in [0.15, 0.2) is 28.9 Å². The van der Waals surface area contributed by atoms with E-state index in [0.717, 1.165) is 4.70 Å². The second-order valence-corrected chi connectivity index (χ2v) is 5.46. The van der Waals surface area contributed by atoms with Crippen molar-refractivity contribution in [2.45, 2.75) is 6.92 Å². The Morgan fingerprint density at radius 1 is 1.48 bits per heavy atom. The molecule has 0 aliphatic carbocycles. The molecule has 0 aliphatic heterocycles. The number of hydrogen-bond donors (Lipinski definition) is 2. The number of nitrogen functional groups attached to an aromatic ring is 1. The number of thiazole rings is 1. The van der Waals surface area contributed by atoms with Gasteiger partial charge in [-0.3, -0.25) is 10.1 Å². The van der Waals surface area contributed by atoms with Gasteiger partial charge in [0.15, 0.2) is 5.13 Å². The number of carbonyl (C=O) groups excluding carboxylic acids is 1. The second kappa shape index (κ2) is 5.10. The maximum Gasteiger partial charge on any atom is 0.260 e. The first-order valence-corrected chi connectivity index (χ1v) is 6.99. The van der Waals surface area contributed by atoms with Gasteiger partial charge in [-0.25, -0.2) is 4.98 Å². The minimum absolute atomic E-state index is 0.257. The number of nitrogens with one attached hydrogen (secondary N) is 1. The van der Waals surface area contributed by atoms with Gasteiger partial charge in [0, 0.05) is 11.8 Å². The van der Waals surface area contributed by atoms with E-state index in [1.165, 1.54) is 17.6 Å². The summed E-state index contributed by atoms with van der Waals surface area (Å²) in [6, 6.07) is 5.12. The third-order valence-corrected chi connectivity index (χ3v) is 3.94. The van der Waals surface area contributed by atoms with Gasteiger partial charge < -0.3 is 14.9 Å². The summed E-state index contributed by atoms with van der Waals surface area (Å²) >= 11 is 1.34. The highest BCUT2D eigenvalue weighted by atomic mass is 32.1. The number of benzene rings is 1. The summed E-state index contributed by atoms with van der Waals surface area (Å²) in [5.41, 5.74) is 7.56. The quantitative estimate of drug-likeness (QED) is 0.726. The first kappa shape index (κ1) is 13.4. The highest BCUT2D eigenvalue weighted by molar-refractivity contribution is 7.22. The number of aromatic nitrogens is 1. The molecule has 3 N–H and O–H groups in total. The lowest BCUT2D eigenvalue weighted by Gasteiger charge is -2.01. The van der Waals surface area contributed by atoms with Crippen molar-refractivity contribution in [2.24, 2.45) is 0 Å². The Hall–Kier alpha value is -2.54. The molecule has 1 aromatic carbocycles. The minimum Gasteiger partial charge on any atom is -0.494 e. The normalized spacial score (nSPS) is 10.8. The zero-order valence-electron chi connectivity index (χ0n) is 11.5. The molecule has 0 bridgehead atoms. The van der Waals surface area contributed by atoms with Crippen molar-refractivity contribution < 1.29 is 13.9 Å². The van der Waals surface area contributed by atoms with Crippen LogP contribution < -0.4 is 15.8 Å². The summed E-state index contributed by atoms with van der Waals surface area (Å²) in [4.78, 5) is 16.5. The van der Waals surface area contributed by atoms with E-state index < -0.39 is 0 Å². The van der Waals surface area contributed by atoms with E-state index in [0.29, 0.717) is 33.4 Å². The molecule has 2 aromatic heterocycles. The number of nitrogens with zero attached hydrogens (tertiary/aromatic N) is 1. The summed E-state index contributed by atoms with van der Waals surface area (Å²) in [6.07, 6.45) is 1.48. The van der Waals surface area contributed by atoms with E-state index in [1.807, 2.05) is 0 Å². The number of aryl methyl sites for hydroxylation is 1. The lowest BCUT2D eigenvalue weighted by molar-refractivity contribution is 0.102. The number of furan rings is 1. The fraction of sp³-hybridized carbons (Fsp3) is 0.143. The van der Waals surface area contributed by atoms with E-state index in [2.05, 4.69) is 10.3 Å². The number of carbonyl (C=O) groups is 1. The van der Waals surface area contributed by atoms with Crippen LogP contribution in [0, 0.1) is 6.92 Å². The molecule has 1 amide bonds. The third-order valence-electron chi connectivity index (χ3n) is 3.03. The molecule has 0 saturated heterocycles. The fourth-order valence-corrected chi connectivity index (χ4v) is 2.94. The van der Waals surface area contributed by atoms with Crippen LogP contribution in [0.2, 0.25) is 0 Å². The number of methoxy groups -OCH3 is 1. The van der Waals surface area contributed by atoms with Crippen LogP contribution in [0.3, 0.4) is 0 Å². The average Bonchev–Trinajstić information content (AvgIpc) is 3.03. The van der Waals surface area contributed by atoms with Crippen molar-refractivity contribution in [1.82, 2.24) is 4.98 Å². The first-order valence-electron chi connectivity index (χ1n) is 6.18. The molecule has 3 rings (SSSR count). The molecule has 108 valence electrons. The maximum absolute atomic E-state index is 12.1. The number of amides is 1. The summed E-state index contributed by atoms with van der Waals surface area (Å²) in [6.45, 7) is 1.73. The lowest BCUT2D eigenvalue weighted by Crippen LogP contribution is -2.11. The minimum atomic E-state index is -0.257.